The second-order valence-electron chi connectivity index (χ2n) is 10.4. The molecule has 0 amide bonds. The summed E-state index contributed by atoms with van der Waals surface area (Å²) < 4.78 is 56.0. The highest BCUT2D eigenvalue weighted by Gasteiger charge is 2.34. The van der Waals surface area contributed by atoms with E-state index in [1.165, 1.54) is 24.6 Å². The summed E-state index contributed by atoms with van der Waals surface area (Å²) in [6.07, 6.45) is 5.77. The Kier molecular flexibility index (Phi) is 6.98. The van der Waals surface area contributed by atoms with E-state index in [0.717, 1.165) is 35.4 Å². The number of rotatable bonds is 7. The van der Waals surface area contributed by atoms with E-state index in [-0.39, 0.29) is 22.7 Å². The molecule has 1 aromatic carbocycles. The van der Waals surface area contributed by atoms with Crippen LogP contribution in [0.4, 0.5) is 4.39 Å². The standard InChI is InChI=1S/C29H31FN6O4S/c1-5-40-29-24-25-22(14-20(15-31-25)26-17(2)33-34-35(26)3)36(28(24)23(16-32-29)41(4,37)38)27(19-10-12-39-13-11-19)18-6-8-21(30)9-7-18/h6-9,14-16,19,27H,5,10-13H2,1-4H3/t27-/m1/s1. The number of pyridine rings is 2. The van der Waals surface area contributed by atoms with Crippen LogP contribution in [0.5, 0.6) is 5.88 Å². The van der Waals surface area contributed by atoms with Gasteiger partial charge in [0.1, 0.15) is 16.2 Å². The fraction of sp³-hybridized carbons (Fsp3) is 0.379. The van der Waals surface area contributed by atoms with Crippen molar-refractivity contribution in [3.8, 4) is 17.1 Å². The summed E-state index contributed by atoms with van der Waals surface area (Å²) in [5.41, 5.74) is 4.91. The van der Waals surface area contributed by atoms with Crippen molar-refractivity contribution in [2.75, 3.05) is 26.1 Å². The number of hydrogen-bond donors (Lipinski definition) is 0. The zero-order valence-electron chi connectivity index (χ0n) is 23.3. The van der Waals surface area contributed by atoms with E-state index in [4.69, 9.17) is 14.5 Å². The lowest BCUT2D eigenvalue weighted by atomic mass is 9.86. The molecule has 0 spiro atoms. The lowest BCUT2D eigenvalue weighted by Gasteiger charge is -2.33. The van der Waals surface area contributed by atoms with Gasteiger partial charge in [-0.05, 0) is 56.4 Å². The van der Waals surface area contributed by atoms with Crippen LogP contribution in [0.2, 0.25) is 0 Å². The maximum atomic E-state index is 14.1. The van der Waals surface area contributed by atoms with Crippen molar-refractivity contribution in [2.45, 2.75) is 37.6 Å². The third kappa shape index (κ3) is 4.74. The van der Waals surface area contributed by atoms with Crippen LogP contribution in [0, 0.1) is 18.7 Å². The molecule has 0 aliphatic carbocycles. The smallest absolute Gasteiger partial charge is 0.225 e. The predicted octanol–water partition coefficient (Wildman–Crippen LogP) is 4.65. The van der Waals surface area contributed by atoms with Crippen LogP contribution in [-0.4, -0.2) is 64.0 Å². The minimum Gasteiger partial charge on any atom is -0.477 e. The highest BCUT2D eigenvalue weighted by molar-refractivity contribution is 7.91. The molecule has 12 heteroatoms. The molecule has 1 fully saturated rings. The Morgan fingerprint density at radius 1 is 1.15 bits per heavy atom. The number of fused-ring (bicyclic) bond motifs is 3. The van der Waals surface area contributed by atoms with E-state index < -0.39 is 9.84 Å². The summed E-state index contributed by atoms with van der Waals surface area (Å²) in [6.45, 7) is 5.22. The summed E-state index contributed by atoms with van der Waals surface area (Å²) in [4.78, 5) is 9.39. The van der Waals surface area contributed by atoms with E-state index in [0.29, 0.717) is 47.6 Å². The predicted molar refractivity (Wildman–Crippen MR) is 152 cm³/mol. The first-order valence-electron chi connectivity index (χ1n) is 13.5. The largest absolute Gasteiger partial charge is 0.477 e. The third-order valence-electron chi connectivity index (χ3n) is 7.74. The van der Waals surface area contributed by atoms with Gasteiger partial charge in [-0.2, -0.15) is 0 Å². The Bertz CT molecular complexity index is 1840. The lowest BCUT2D eigenvalue weighted by molar-refractivity contribution is 0.0552. The fourth-order valence-electron chi connectivity index (χ4n) is 5.99. The molecule has 41 heavy (non-hydrogen) atoms. The molecule has 1 saturated heterocycles. The first kappa shape index (κ1) is 27.3. The minimum absolute atomic E-state index is 0.0768. The van der Waals surface area contributed by atoms with Gasteiger partial charge in [0, 0.05) is 38.3 Å². The van der Waals surface area contributed by atoms with Crippen LogP contribution in [-0.2, 0) is 21.6 Å². The normalized spacial score (nSPS) is 15.5. The lowest BCUT2D eigenvalue weighted by Crippen LogP contribution is -2.27. The summed E-state index contributed by atoms with van der Waals surface area (Å²) in [5.74, 6) is 0.0412. The zero-order valence-corrected chi connectivity index (χ0v) is 24.2. The molecule has 6 rings (SSSR count). The van der Waals surface area contributed by atoms with Crippen molar-refractivity contribution in [1.82, 2.24) is 29.5 Å². The van der Waals surface area contributed by atoms with Gasteiger partial charge in [-0.25, -0.2) is 22.5 Å². The van der Waals surface area contributed by atoms with Crippen molar-refractivity contribution >= 4 is 31.8 Å². The van der Waals surface area contributed by atoms with Crippen LogP contribution < -0.4 is 4.74 Å². The number of aromatic nitrogens is 6. The zero-order chi connectivity index (χ0) is 28.9. The van der Waals surface area contributed by atoms with E-state index in [2.05, 4.69) is 15.3 Å². The number of ether oxygens (including phenoxy) is 2. The first-order valence-corrected chi connectivity index (χ1v) is 15.4. The van der Waals surface area contributed by atoms with Gasteiger partial charge in [-0.1, -0.05) is 17.3 Å². The molecule has 0 saturated carbocycles. The molecular weight excluding hydrogens is 547 g/mol. The number of aryl methyl sites for hydroxylation is 2. The monoisotopic (exact) mass is 578 g/mol. The number of benzene rings is 1. The van der Waals surface area contributed by atoms with Crippen LogP contribution >= 0.6 is 0 Å². The van der Waals surface area contributed by atoms with Crippen molar-refractivity contribution in [3.05, 3.63) is 59.8 Å². The number of halogens is 1. The van der Waals surface area contributed by atoms with Crippen LogP contribution in [0.3, 0.4) is 0 Å². The average molecular weight is 579 g/mol. The summed E-state index contributed by atoms with van der Waals surface area (Å²) in [7, 11) is -1.91. The van der Waals surface area contributed by atoms with Gasteiger partial charge in [-0.3, -0.25) is 4.98 Å². The second-order valence-corrected chi connectivity index (χ2v) is 12.4. The number of sulfone groups is 1. The first-order chi connectivity index (χ1) is 19.7. The average Bonchev–Trinajstić information content (AvgIpc) is 3.46. The third-order valence-corrected chi connectivity index (χ3v) is 8.84. The summed E-state index contributed by atoms with van der Waals surface area (Å²) in [6, 6.07) is 8.06. The van der Waals surface area contributed by atoms with Crippen LogP contribution in [0.1, 0.15) is 37.1 Å². The Hall–Kier alpha value is -3.90. The summed E-state index contributed by atoms with van der Waals surface area (Å²) >= 11 is 0. The minimum atomic E-state index is -3.73. The molecule has 0 bridgehead atoms. The van der Waals surface area contributed by atoms with Crippen molar-refractivity contribution in [2.24, 2.45) is 13.0 Å². The molecule has 0 N–H and O–H groups in total. The van der Waals surface area contributed by atoms with Crippen molar-refractivity contribution < 1.29 is 22.3 Å². The second kappa shape index (κ2) is 10.5. The van der Waals surface area contributed by atoms with E-state index in [1.807, 2.05) is 31.5 Å². The highest BCUT2D eigenvalue weighted by Crippen LogP contribution is 2.45. The van der Waals surface area contributed by atoms with Gasteiger partial charge in [0.2, 0.25) is 5.88 Å². The van der Waals surface area contributed by atoms with Gasteiger partial charge < -0.3 is 14.0 Å². The fourth-order valence-corrected chi connectivity index (χ4v) is 6.78. The molecule has 5 heterocycles. The van der Waals surface area contributed by atoms with E-state index in [9.17, 15) is 12.8 Å². The molecule has 1 aliphatic heterocycles. The molecule has 1 aliphatic rings. The molecule has 5 aromatic rings. The Morgan fingerprint density at radius 2 is 1.88 bits per heavy atom. The van der Waals surface area contributed by atoms with Gasteiger partial charge in [-0.15, -0.1) is 5.10 Å². The van der Waals surface area contributed by atoms with Crippen LogP contribution in [0.15, 0.2) is 47.6 Å². The molecule has 10 nitrogen and oxygen atoms in total. The van der Waals surface area contributed by atoms with E-state index >= 15 is 0 Å². The highest BCUT2D eigenvalue weighted by atomic mass is 32.2. The van der Waals surface area contributed by atoms with Crippen LogP contribution in [0.25, 0.3) is 33.2 Å². The maximum absolute atomic E-state index is 14.1. The molecule has 1 atom stereocenters. The SMILES string of the molecule is CCOc1ncc(S(C)(=O)=O)c2c1c1ncc(-c3c(C)nnn3C)cc1n2[C@H](c1ccc(F)cc1)C1CCOCC1. The van der Waals surface area contributed by atoms with Gasteiger partial charge in [0.15, 0.2) is 9.84 Å². The Morgan fingerprint density at radius 3 is 2.51 bits per heavy atom. The molecule has 214 valence electrons. The quantitative estimate of drug-likeness (QED) is 0.274. The maximum Gasteiger partial charge on any atom is 0.225 e. The topological polar surface area (TPSA) is 114 Å². The van der Waals surface area contributed by atoms with E-state index in [1.54, 1.807) is 23.0 Å². The van der Waals surface area contributed by atoms with Crippen molar-refractivity contribution in [1.29, 1.82) is 0 Å². The van der Waals surface area contributed by atoms with Gasteiger partial charge >= 0.3 is 0 Å². The number of hydrogen-bond acceptors (Lipinski definition) is 8. The molecule has 4 aromatic heterocycles. The summed E-state index contributed by atoms with van der Waals surface area (Å²) in [5, 5.41) is 8.89. The molecule has 0 unspecified atom stereocenters. The molecular formula is C29H31FN6O4S. The van der Waals surface area contributed by atoms with Gasteiger partial charge in [0.05, 0.1) is 46.7 Å². The Labute approximate surface area is 237 Å². The number of nitrogens with zero attached hydrogens (tertiary/aromatic N) is 6. The Balaban J connectivity index is 1.79. The van der Waals surface area contributed by atoms with Crippen molar-refractivity contribution in [3.63, 3.8) is 0 Å². The molecule has 0 radical (unpaired) electrons. The van der Waals surface area contributed by atoms with Gasteiger partial charge in [0.25, 0.3) is 0 Å².